The smallest absolute Gasteiger partial charge is 0.143 e. The number of rotatable bonds is 1. The Morgan fingerprint density at radius 1 is 1.50 bits per heavy atom. The first kappa shape index (κ1) is 9.75. The Morgan fingerprint density at radius 3 is 2.79 bits per heavy atom. The Morgan fingerprint density at radius 2 is 2.29 bits per heavy atom. The summed E-state index contributed by atoms with van der Waals surface area (Å²) in [7, 11) is 0. The van der Waals surface area contributed by atoms with Crippen molar-refractivity contribution in [2.75, 3.05) is 0 Å². The second-order valence-electron chi connectivity index (χ2n) is 4.93. The van der Waals surface area contributed by atoms with Crippen LogP contribution in [0.3, 0.4) is 0 Å². The molecule has 2 rings (SSSR count). The van der Waals surface area contributed by atoms with Gasteiger partial charge in [0.15, 0.2) is 0 Å². The molecule has 0 bridgehead atoms. The minimum atomic E-state index is -0.0265. The van der Waals surface area contributed by atoms with Crippen molar-refractivity contribution in [1.29, 1.82) is 0 Å². The van der Waals surface area contributed by atoms with Gasteiger partial charge in [-0.3, -0.25) is 0 Å². The fourth-order valence-electron chi connectivity index (χ4n) is 2.49. The van der Waals surface area contributed by atoms with E-state index in [9.17, 15) is 0 Å². The fourth-order valence-corrected chi connectivity index (χ4v) is 2.49. The summed E-state index contributed by atoms with van der Waals surface area (Å²) >= 11 is 0. The third-order valence-corrected chi connectivity index (χ3v) is 3.52. The second kappa shape index (κ2) is 3.41. The monoisotopic (exact) mass is 193 g/mol. The molecule has 0 radical (unpaired) electrons. The van der Waals surface area contributed by atoms with Crippen LogP contribution in [0.15, 0.2) is 16.8 Å². The van der Waals surface area contributed by atoms with Crippen molar-refractivity contribution in [3.05, 3.63) is 11.6 Å². The van der Waals surface area contributed by atoms with Gasteiger partial charge in [-0.2, -0.15) is 0 Å². The van der Waals surface area contributed by atoms with Crippen molar-refractivity contribution < 1.29 is 4.84 Å². The lowest BCUT2D eigenvalue weighted by atomic mass is 9.77. The topological polar surface area (TPSA) is 21.6 Å². The van der Waals surface area contributed by atoms with Crippen LogP contribution < -0.4 is 0 Å². The van der Waals surface area contributed by atoms with Crippen LogP contribution in [0.5, 0.6) is 0 Å². The van der Waals surface area contributed by atoms with Gasteiger partial charge in [-0.25, -0.2) is 0 Å². The Bertz CT molecular complexity index is 293. The SMILES string of the molecule is CC1=CCC(C2(C)CC(C)=NO2)CC1. The summed E-state index contributed by atoms with van der Waals surface area (Å²) in [6, 6.07) is 0. The van der Waals surface area contributed by atoms with Crippen LogP contribution in [-0.2, 0) is 4.84 Å². The second-order valence-corrected chi connectivity index (χ2v) is 4.93. The zero-order valence-electron chi connectivity index (χ0n) is 9.34. The van der Waals surface area contributed by atoms with Crippen molar-refractivity contribution in [3.63, 3.8) is 0 Å². The standard InChI is InChI=1S/C12H19NO/c1-9-4-6-11(7-5-9)12(3)8-10(2)13-14-12/h4,11H,5-8H2,1-3H3. The van der Waals surface area contributed by atoms with Crippen LogP contribution in [0.25, 0.3) is 0 Å². The quantitative estimate of drug-likeness (QED) is 0.585. The average molecular weight is 193 g/mol. The largest absolute Gasteiger partial charge is 0.389 e. The van der Waals surface area contributed by atoms with Crippen LogP contribution in [-0.4, -0.2) is 11.3 Å². The lowest BCUT2D eigenvalue weighted by molar-refractivity contribution is -0.0523. The first-order chi connectivity index (χ1) is 6.60. The van der Waals surface area contributed by atoms with Crippen molar-refractivity contribution in [3.8, 4) is 0 Å². The molecule has 0 amide bonds. The first-order valence-corrected chi connectivity index (χ1v) is 5.47. The zero-order valence-corrected chi connectivity index (χ0v) is 9.34. The number of allylic oxidation sites excluding steroid dienone is 2. The molecular formula is C12H19NO. The van der Waals surface area contributed by atoms with Gasteiger partial charge in [0.1, 0.15) is 5.60 Å². The maximum atomic E-state index is 5.59. The van der Waals surface area contributed by atoms with Crippen molar-refractivity contribution >= 4 is 5.71 Å². The molecule has 14 heavy (non-hydrogen) atoms. The van der Waals surface area contributed by atoms with Crippen molar-refractivity contribution in [2.24, 2.45) is 11.1 Å². The molecule has 0 saturated carbocycles. The van der Waals surface area contributed by atoms with Gasteiger partial charge in [0.2, 0.25) is 0 Å². The fraction of sp³-hybridized carbons (Fsp3) is 0.750. The number of hydrogen-bond donors (Lipinski definition) is 0. The minimum Gasteiger partial charge on any atom is -0.389 e. The normalized spacial score (nSPS) is 37.5. The average Bonchev–Trinajstić information content (AvgIpc) is 2.48. The molecule has 2 nitrogen and oxygen atoms in total. The highest BCUT2D eigenvalue weighted by molar-refractivity contribution is 5.83. The van der Waals surface area contributed by atoms with E-state index in [0.717, 1.165) is 18.6 Å². The molecule has 0 N–H and O–H groups in total. The Labute approximate surface area is 86.0 Å². The van der Waals surface area contributed by atoms with Gasteiger partial charge in [0.25, 0.3) is 0 Å². The van der Waals surface area contributed by atoms with E-state index in [1.165, 1.54) is 18.4 Å². The minimum absolute atomic E-state index is 0.0265. The molecule has 2 atom stereocenters. The molecule has 1 heterocycles. The molecule has 0 fully saturated rings. The molecule has 2 aliphatic rings. The van der Waals surface area contributed by atoms with Gasteiger partial charge in [-0.05, 0) is 40.0 Å². The van der Waals surface area contributed by atoms with E-state index in [1.807, 2.05) is 0 Å². The van der Waals surface area contributed by atoms with E-state index in [1.54, 1.807) is 0 Å². The summed E-state index contributed by atoms with van der Waals surface area (Å²) in [5, 5.41) is 4.08. The Kier molecular flexibility index (Phi) is 2.38. The summed E-state index contributed by atoms with van der Waals surface area (Å²) < 4.78 is 0. The molecular weight excluding hydrogens is 174 g/mol. The lowest BCUT2D eigenvalue weighted by Crippen LogP contribution is -2.35. The van der Waals surface area contributed by atoms with Crippen molar-refractivity contribution in [1.82, 2.24) is 0 Å². The predicted molar refractivity (Wildman–Crippen MR) is 58.3 cm³/mol. The summed E-state index contributed by atoms with van der Waals surface area (Å²) in [5.41, 5.74) is 2.64. The molecule has 0 aromatic carbocycles. The Hall–Kier alpha value is -0.790. The predicted octanol–water partition coefficient (Wildman–Crippen LogP) is 3.29. The van der Waals surface area contributed by atoms with Gasteiger partial charge in [0.05, 0.1) is 5.71 Å². The molecule has 0 aromatic heterocycles. The molecule has 78 valence electrons. The maximum Gasteiger partial charge on any atom is 0.143 e. The summed E-state index contributed by atoms with van der Waals surface area (Å²) in [6.45, 7) is 6.47. The highest BCUT2D eigenvalue weighted by atomic mass is 16.7. The van der Waals surface area contributed by atoms with Gasteiger partial charge in [-0.1, -0.05) is 16.8 Å². The van der Waals surface area contributed by atoms with E-state index in [2.05, 4.69) is 32.0 Å². The molecule has 0 saturated heterocycles. The van der Waals surface area contributed by atoms with Crippen LogP contribution in [0.1, 0.15) is 46.5 Å². The summed E-state index contributed by atoms with van der Waals surface area (Å²) in [4.78, 5) is 5.59. The van der Waals surface area contributed by atoms with Crippen LogP contribution in [0.2, 0.25) is 0 Å². The molecule has 0 aromatic rings. The van der Waals surface area contributed by atoms with Gasteiger partial charge >= 0.3 is 0 Å². The number of hydrogen-bond acceptors (Lipinski definition) is 2. The summed E-state index contributed by atoms with van der Waals surface area (Å²) in [6.07, 6.45) is 7.00. The maximum absolute atomic E-state index is 5.59. The van der Waals surface area contributed by atoms with E-state index in [4.69, 9.17) is 4.84 Å². The van der Waals surface area contributed by atoms with Crippen molar-refractivity contribution in [2.45, 2.75) is 52.1 Å². The number of nitrogens with zero attached hydrogens (tertiary/aromatic N) is 1. The van der Waals surface area contributed by atoms with Gasteiger partial charge in [-0.15, -0.1) is 0 Å². The van der Waals surface area contributed by atoms with Gasteiger partial charge in [0, 0.05) is 12.3 Å². The third kappa shape index (κ3) is 1.70. The van der Waals surface area contributed by atoms with Crippen LogP contribution in [0, 0.1) is 5.92 Å². The van der Waals surface area contributed by atoms with Crippen LogP contribution >= 0.6 is 0 Å². The van der Waals surface area contributed by atoms with E-state index < -0.39 is 0 Å². The highest BCUT2D eigenvalue weighted by Gasteiger charge is 2.40. The van der Waals surface area contributed by atoms with E-state index >= 15 is 0 Å². The number of oxime groups is 1. The van der Waals surface area contributed by atoms with Crippen LogP contribution in [0.4, 0.5) is 0 Å². The molecule has 0 spiro atoms. The molecule has 1 aliphatic heterocycles. The lowest BCUT2D eigenvalue weighted by Gasteiger charge is -2.33. The van der Waals surface area contributed by atoms with Gasteiger partial charge < -0.3 is 4.84 Å². The zero-order chi connectivity index (χ0) is 10.2. The Balaban J connectivity index is 2.03. The molecule has 2 heteroatoms. The molecule has 1 aliphatic carbocycles. The molecule has 2 unspecified atom stereocenters. The summed E-state index contributed by atoms with van der Waals surface area (Å²) in [5.74, 6) is 0.646. The first-order valence-electron chi connectivity index (χ1n) is 5.47. The van der Waals surface area contributed by atoms with E-state index in [0.29, 0.717) is 5.92 Å². The third-order valence-electron chi connectivity index (χ3n) is 3.52. The van der Waals surface area contributed by atoms with E-state index in [-0.39, 0.29) is 5.60 Å². The highest BCUT2D eigenvalue weighted by Crippen LogP contribution is 2.39.